The van der Waals surface area contributed by atoms with Gasteiger partial charge in [0.05, 0.1) is 0 Å². The van der Waals surface area contributed by atoms with E-state index in [1.807, 2.05) is 0 Å². The quantitative estimate of drug-likeness (QED) is 0.622. The molecule has 0 bridgehead atoms. The summed E-state index contributed by atoms with van der Waals surface area (Å²) in [6.07, 6.45) is 4.83. The number of thioether (sulfide) groups is 1. The predicted octanol–water partition coefficient (Wildman–Crippen LogP) is 4.26. The first-order valence-corrected chi connectivity index (χ1v) is 8.25. The number of rotatable bonds is 3. The molecule has 0 amide bonds. The highest BCUT2D eigenvalue weighted by Gasteiger charge is 2.15. The molecule has 0 spiro atoms. The highest BCUT2D eigenvalue weighted by molar-refractivity contribution is 7.98. The Morgan fingerprint density at radius 2 is 1.75 bits per heavy atom. The molecular weight excluding hydrogens is 264 g/mol. The second-order valence-corrected chi connectivity index (χ2v) is 6.44. The molecule has 1 aliphatic rings. The van der Waals surface area contributed by atoms with E-state index in [0.717, 1.165) is 23.8 Å². The van der Waals surface area contributed by atoms with Crippen LogP contribution in [0.2, 0.25) is 0 Å². The van der Waals surface area contributed by atoms with Crippen molar-refractivity contribution in [3.05, 3.63) is 52.3 Å². The fourth-order valence-corrected chi connectivity index (χ4v) is 3.52. The largest absolute Gasteiger partial charge is 0.228 e. The van der Waals surface area contributed by atoms with Crippen molar-refractivity contribution in [1.82, 2.24) is 9.97 Å². The smallest absolute Gasteiger partial charge is 0.188 e. The van der Waals surface area contributed by atoms with E-state index in [1.54, 1.807) is 11.8 Å². The topological polar surface area (TPSA) is 25.8 Å². The Labute approximate surface area is 125 Å². The summed E-state index contributed by atoms with van der Waals surface area (Å²) in [4.78, 5) is 9.43. The molecule has 0 aliphatic heterocycles. The molecule has 0 unspecified atom stereocenters. The van der Waals surface area contributed by atoms with Gasteiger partial charge in [-0.15, -0.1) is 0 Å². The number of nitrogens with zero attached hydrogens (tertiary/aromatic N) is 2. The van der Waals surface area contributed by atoms with Crippen molar-refractivity contribution in [2.45, 2.75) is 50.4 Å². The van der Waals surface area contributed by atoms with E-state index in [4.69, 9.17) is 4.98 Å². The minimum atomic E-state index is 0.934. The maximum absolute atomic E-state index is 4.76. The summed E-state index contributed by atoms with van der Waals surface area (Å²) in [6.45, 7) is 4.24. The molecular formula is C17H20N2S. The second kappa shape index (κ2) is 5.96. The van der Waals surface area contributed by atoms with Crippen molar-refractivity contribution < 1.29 is 0 Å². The van der Waals surface area contributed by atoms with Crippen LogP contribution in [0.1, 0.15) is 40.9 Å². The van der Waals surface area contributed by atoms with Crippen molar-refractivity contribution in [3.8, 4) is 0 Å². The summed E-state index contributed by atoms with van der Waals surface area (Å²) in [5.41, 5.74) is 6.51. The maximum Gasteiger partial charge on any atom is 0.188 e. The van der Waals surface area contributed by atoms with Crippen LogP contribution in [0.4, 0.5) is 0 Å². The molecule has 0 saturated carbocycles. The second-order valence-electron chi connectivity index (χ2n) is 5.50. The standard InChI is InChI=1S/C17H20N2S/c1-12-7-9-14(10-8-12)11-20-17-18-13(2)15-5-3-4-6-16(15)19-17/h7-10H,3-6,11H2,1-2H3. The lowest BCUT2D eigenvalue weighted by Crippen LogP contribution is -2.10. The molecule has 20 heavy (non-hydrogen) atoms. The summed E-state index contributed by atoms with van der Waals surface area (Å²) >= 11 is 1.74. The molecule has 104 valence electrons. The van der Waals surface area contributed by atoms with Gasteiger partial charge in [-0.1, -0.05) is 41.6 Å². The Morgan fingerprint density at radius 1 is 1.00 bits per heavy atom. The zero-order chi connectivity index (χ0) is 13.9. The lowest BCUT2D eigenvalue weighted by Gasteiger charge is -2.17. The number of hydrogen-bond donors (Lipinski definition) is 0. The van der Waals surface area contributed by atoms with E-state index in [0.29, 0.717) is 0 Å². The third-order valence-electron chi connectivity index (χ3n) is 3.86. The first kappa shape index (κ1) is 13.6. The number of benzene rings is 1. The van der Waals surface area contributed by atoms with Crippen LogP contribution in [0.25, 0.3) is 0 Å². The summed E-state index contributed by atoms with van der Waals surface area (Å²) in [6, 6.07) is 8.70. The van der Waals surface area contributed by atoms with Crippen LogP contribution in [0, 0.1) is 13.8 Å². The Morgan fingerprint density at radius 3 is 2.55 bits per heavy atom. The molecule has 0 N–H and O–H groups in total. The molecule has 1 aromatic heterocycles. The van der Waals surface area contributed by atoms with Crippen LogP contribution in [0.5, 0.6) is 0 Å². The fraction of sp³-hybridized carbons (Fsp3) is 0.412. The molecule has 0 atom stereocenters. The van der Waals surface area contributed by atoms with Gasteiger partial charge in [0.1, 0.15) is 0 Å². The number of aryl methyl sites for hydroxylation is 3. The molecule has 2 aromatic rings. The molecule has 0 fully saturated rings. The zero-order valence-electron chi connectivity index (χ0n) is 12.1. The SMILES string of the molecule is Cc1ccc(CSc2nc(C)c3c(n2)CCCC3)cc1. The third-order valence-corrected chi connectivity index (χ3v) is 4.78. The van der Waals surface area contributed by atoms with Crippen molar-refractivity contribution >= 4 is 11.8 Å². The maximum atomic E-state index is 4.76. The van der Waals surface area contributed by atoms with Crippen LogP contribution in [-0.4, -0.2) is 9.97 Å². The molecule has 1 aromatic carbocycles. The van der Waals surface area contributed by atoms with Crippen LogP contribution < -0.4 is 0 Å². The lowest BCUT2D eigenvalue weighted by molar-refractivity contribution is 0.642. The Balaban J connectivity index is 1.74. The van der Waals surface area contributed by atoms with Gasteiger partial charge in [-0.3, -0.25) is 0 Å². The van der Waals surface area contributed by atoms with Gasteiger partial charge in [0.25, 0.3) is 0 Å². The van der Waals surface area contributed by atoms with Crippen molar-refractivity contribution in [2.24, 2.45) is 0 Å². The van der Waals surface area contributed by atoms with E-state index in [-0.39, 0.29) is 0 Å². The van der Waals surface area contributed by atoms with Crippen LogP contribution in [0.3, 0.4) is 0 Å². The normalized spacial score (nSPS) is 14.1. The van der Waals surface area contributed by atoms with Gasteiger partial charge in [-0.05, 0) is 50.7 Å². The third kappa shape index (κ3) is 3.04. The Bertz CT molecular complexity index is 605. The highest BCUT2D eigenvalue weighted by Crippen LogP contribution is 2.26. The van der Waals surface area contributed by atoms with Gasteiger partial charge in [-0.2, -0.15) is 0 Å². The minimum absolute atomic E-state index is 0.934. The van der Waals surface area contributed by atoms with Crippen LogP contribution in [0.15, 0.2) is 29.4 Å². The highest BCUT2D eigenvalue weighted by atomic mass is 32.2. The lowest BCUT2D eigenvalue weighted by atomic mass is 9.95. The van der Waals surface area contributed by atoms with Gasteiger partial charge in [0, 0.05) is 17.1 Å². The predicted molar refractivity (Wildman–Crippen MR) is 84.2 cm³/mol. The van der Waals surface area contributed by atoms with Gasteiger partial charge >= 0.3 is 0 Å². The molecule has 1 heterocycles. The first-order valence-electron chi connectivity index (χ1n) is 7.27. The average Bonchev–Trinajstić information content (AvgIpc) is 2.47. The Kier molecular flexibility index (Phi) is 4.06. The van der Waals surface area contributed by atoms with Crippen LogP contribution in [-0.2, 0) is 18.6 Å². The van der Waals surface area contributed by atoms with Gasteiger partial charge in [-0.25, -0.2) is 9.97 Å². The summed E-state index contributed by atoms with van der Waals surface area (Å²) < 4.78 is 0. The van der Waals surface area contributed by atoms with E-state index in [2.05, 4.69) is 43.1 Å². The number of fused-ring (bicyclic) bond motifs is 1. The van der Waals surface area contributed by atoms with Crippen molar-refractivity contribution in [3.63, 3.8) is 0 Å². The average molecular weight is 284 g/mol. The van der Waals surface area contributed by atoms with E-state index >= 15 is 0 Å². The van der Waals surface area contributed by atoms with Crippen LogP contribution >= 0.6 is 11.8 Å². The molecule has 3 rings (SSSR count). The van der Waals surface area contributed by atoms with E-state index in [9.17, 15) is 0 Å². The van der Waals surface area contributed by atoms with E-state index in [1.165, 1.54) is 40.9 Å². The molecule has 0 saturated heterocycles. The van der Waals surface area contributed by atoms with Gasteiger partial charge in [0.15, 0.2) is 5.16 Å². The zero-order valence-corrected chi connectivity index (χ0v) is 13.0. The van der Waals surface area contributed by atoms with Gasteiger partial charge < -0.3 is 0 Å². The first-order chi connectivity index (χ1) is 9.72. The molecule has 0 radical (unpaired) electrons. The van der Waals surface area contributed by atoms with Gasteiger partial charge in [0.2, 0.25) is 0 Å². The van der Waals surface area contributed by atoms with Crippen molar-refractivity contribution in [2.75, 3.05) is 0 Å². The summed E-state index contributed by atoms with van der Waals surface area (Å²) in [5, 5.41) is 0.934. The van der Waals surface area contributed by atoms with Crippen molar-refractivity contribution in [1.29, 1.82) is 0 Å². The molecule has 1 aliphatic carbocycles. The summed E-state index contributed by atoms with van der Waals surface area (Å²) in [7, 11) is 0. The molecule has 2 nitrogen and oxygen atoms in total. The fourth-order valence-electron chi connectivity index (χ4n) is 2.65. The summed E-state index contributed by atoms with van der Waals surface area (Å²) in [5.74, 6) is 0.943. The monoisotopic (exact) mass is 284 g/mol. The minimum Gasteiger partial charge on any atom is -0.228 e. The van der Waals surface area contributed by atoms with E-state index < -0.39 is 0 Å². The molecule has 3 heteroatoms. The Hall–Kier alpha value is -1.35. The number of aromatic nitrogens is 2. The number of hydrogen-bond acceptors (Lipinski definition) is 3.